The molecule has 1 rings (SSSR count). The summed E-state index contributed by atoms with van der Waals surface area (Å²) in [6.45, 7) is 1.78. The second kappa shape index (κ2) is 5.78. The fraction of sp³-hybridized carbons (Fsp3) is 0.455. The fourth-order valence-corrected chi connectivity index (χ4v) is 1.22. The van der Waals surface area contributed by atoms with Gasteiger partial charge in [-0.15, -0.1) is 0 Å². The van der Waals surface area contributed by atoms with E-state index in [-0.39, 0.29) is 12.1 Å². The standard InChI is InChI=1S/C11H16F2N2/c1-15(2)7-6-14-8-9-10(12)4-3-5-11(9)13/h3-5,14H,6-8H2,1-2H3. The number of hydrogen-bond acceptors (Lipinski definition) is 2. The molecular weight excluding hydrogens is 198 g/mol. The summed E-state index contributed by atoms with van der Waals surface area (Å²) < 4.78 is 26.3. The van der Waals surface area contributed by atoms with Gasteiger partial charge in [0.05, 0.1) is 0 Å². The third-order valence-electron chi connectivity index (χ3n) is 2.10. The molecule has 0 saturated carbocycles. The Labute approximate surface area is 88.9 Å². The molecule has 1 aromatic rings. The fourth-order valence-electron chi connectivity index (χ4n) is 1.22. The molecule has 2 nitrogen and oxygen atoms in total. The van der Waals surface area contributed by atoms with Gasteiger partial charge in [0.15, 0.2) is 0 Å². The van der Waals surface area contributed by atoms with Crippen LogP contribution in [0.3, 0.4) is 0 Å². The first-order valence-electron chi connectivity index (χ1n) is 4.89. The van der Waals surface area contributed by atoms with E-state index in [4.69, 9.17) is 0 Å². The van der Waals surface area contributed by atoms with Crippen LogP contribution in [0.5, 0.6) is 0 Å². The molecule has 0 aliphatic heterocycles. The molecule has 1 aromatic carbocycles. The number of nitrogens with zero attached hydrogens (tertiary/aromatic N) is 1. The van der Waals surface area contributed by atoms with Crippen molar-refractivity contribution in [1.82, 2.24) is 10.2 Å². The lowest BCUT2D eigenvalue weighted by Gasteiger charge is -2.11. The summed E-state index contributed by atoms with van der Waals surface area (Å²) in [4.78, 5) is 2.00. The molecule has 0 bridgehead atoms. The molecule has 0 fully saturated rings. The Morgan fingerprint density at radius 3 is 2.33 bits per heavy atom. The van der Waals surface area contributed by atoms with Gasteiger partial charge >= 0.3 is 0 Å². The highest BCUT2D eigenvalue weighted by Gasteiger charge is 2.06. The van der Waals surface area contributed by atoms with Crippen molar-refractivity contribution in [3.05, 3.63) is 35.4 Å². The highest BCUT2D eigenvalue weighted by Crippen LogP contribution is 2.11. The molecule has 0 spiro atoms. The van der Waals surface area contributed by atoms with Gasteiger partial charge in [-0.1, -0.05) is 6.07 Å². The van der Waals surface area contributed by atoms with E-state index in [0.29, 0.717) is 6.54 Å². The maximum Gasteiger partial charge on any atom is 0.130 e. The van der Waals surface area contributed by atoms with Crippen LogP contribution in [-0.2, 0) is 6.54 Å². The van der Waals surface area contributed by atoms with Crippen LogP contribution in [0.4, 0.5) is 8.78 Å². The first-order chi connectivity index (χ1) is 7.11. The van der Waals surface area contributed by atoms with Crippen molar-refractivity contribution < 1.29 is 8.78 Å². The zero-order valence-corrected chi connectivity index (χ0v) is 9.06. The molecular formula is C11H16F2N2. The van der Waals surface area contributed by atoms with Gasteiger partial charge in [-0.25, -0.2) is 8.78 Å². The van der Waals surface area contributed by atoms with Crippen molar-refractivity contribution in [2.24, 2.45) is 0 Å². The van der Waals surface area contributed by atoms with Crippen molar-refractivity contribution in [1.29, 1.82) is 0 Å². The second-order valence-electron chi connectivity index (χ2n) is 3.68. The molecule has 15 heavy (non-hydrogen) atoms. The summed E-state index contributed by atoms with van der Waals surface area (Å²) in [5.74, 6) is -0.986. The van der Waals surface area contributed by atoms with Crippen LogP contribution in [0, 0.1) is 11.6 Å². The van der Waals surface area contributed by atoms with Gasteiger partial charge in [0.2, 0.25) is 0 Å². The maximum absolute atomic E-state index is 13.1. The Hall–Kier alpha value is -1.00. The predicted molar refractivity (Wildman–Crippen MR) is 56.6 cm³/mol. The molecule has 0 aliphatic carbocycles. The van der Waals surface area contributed by atoms with E-state index in [1.165, 1.54) is 18.2 Å². The van der Waals surface area contributed by atoms with Gasteiger partial charge in [-0.05, 0) is 26.2 Å². The number of likely N-dealkylation sites (N-methyl/N-ethyl adjacent to an activating group) is 1. The minimum Gasteiger partial charge on any atom is -0.311 e. The van der Waals surface area contributed by atoms with Gasteiger partial charge in [-0.3, -0.25) is 0 Å². The van der Waals surface area contributed by atoms with Crippen molar-refractivity contribution in [2.75, 3.05) is 27.2 Å². The molecule has 0 heterocycles. The smallest absolute Gasteiger partial charge is 0.130 e. The van der Waals surface area contributed by atoms with E-state index in [9.17, 15) is 8.78 Å². The number of rotatable bonds is 5. The van der Waals surface area contributed by atoms with Crippen LogP contribution in [0.15, 0.2) is 18.2 Å². The molecule has 0 radical (unpaired) electrons. The van der Waals surface area contributed by atoms with Gasteiger partial charge in [-0.2, -0.15) is 0 Å². The minimum absolute atomic E-state index is 0.108. The molecule has 0 aliphatic rings. The Bertz CT molecular complexity index is 293. The molecule has 0 atom stereocenters. The summed E-state index contributed by atoms with van der Waals surface area (Å²) >= 11 is 0. The monoisotopic (exact) mass is 214 g/mol. The number of hydrogen-bond donors (Lipinski definition) is 1. The second-order valence-corrected chi connectivity index (χ2v) is 3.68. The van der Waals surface area contributed by atoms with E-state index >= 15 is 0 Å². The van der Waals surface area contributed by atoms with E-state index in [1.54, 1.807) is 0 Å². The Morgan fingerprint density at radius 1 is 1.20 bits per heavy atom. The van der Waals surface area contributed by atoms with E-state index in [0.717, 1.165) is 6.54 Å². The number of benzene rings is 1. The third-order valence-corrected chi connectivity index (χ3v) is 2.10. The Kier molecular flexibility index (Phi) is 4.65. The van der Waals surface area contributed by atoms with Crippen LogP contribution in [-0.4, -0.2) is 32.1 Å². The first kappa shape index (κ1) is 12.1. The molecule has 0 unspecified atom stereocenters. The summed E-state index contributed by atoms with van der Waals surface area (Å²) in [6.07, 6.45) is 0. The summed E-state index contributed by atoms with van der Waals surface area (Å²) in [5.41, 5.74) is 0.108. The van der Waals surface area contributed by atoms with Crippen molar-refractivity contribution >= 4 is 0 Å². The van der Waals surface area contributed by atoms with Crippen molar-refractivity contribution in [3.63, 3.8) is 0 Å². The lowest BCUT2D eigenvalue weighted by Crippen LogP contribution is -2.26. The average molecular weight is 214 g/mol. The van der Waals surface area contributed by atoms with Crippen molar-refractivity contribution in [3.8, 4) is 0 Å². The van der Waals surface area contributed by atoms with Gasteiger partial charge in [0.1, 0.15) is 11.6 Å². The highest BCUT2D eigenvalue weighted by molar-refractivity contribution is 5.19. The zero-order chi connectivity index (χ0) is 11.3. The normalized spacial score (nSPS) is 11.0. The molecule has 0 saturated heterocycles. The molecule has 0 amide bonds. The quantitative estimate of drug-likeness (QED) is 0.749. The lowest BCUT2D eigenvalue weighted by molar-refractivity contribution is 0.397. The third kappa shape index (κ3) is 3.93. The Balaban J connectivity index is 2.43. The SMILES string of the molecule is CN(C)CCNCc1c(F)cccc1F. The molecule has 0 aromatic heterocycles. The van der Waals surface area contributed by atoms with Gasteiger partial charge in [0, 0.05) is 25.2 Å². The van der Waals surface area contributed by atoms with Crippen molar-refractivity contribution in [2.45, 2.75) is 6.54 Å². The van der Waals surface area contributed by atoms with E-state index < -0.39 is 11.6 Å². The summed E-state index contributed by atoms with van der Waals surface area (Å²) in [6, 6.07) is 3.91. The highest BCUT2D eigenvalue weighted by atomic mass is 19.1. The van der Waals surface area contributed by atoms with Crippen LogP contribution in [0.1, 0.15) is 5.56 Å². The minimum atomic E-state index is -0.493. The topological polar surface area (TPSA) is 15.3 Å². The van der Waals surface area contributed by atoms with Crippen LogP contribution in [0.2, 0.25) is 0 Å². The maximum atomic E-state index is 13.1. The van der Waals surface area contributed by atoms with Gasteiger partial charge in [0.25, 0.3) is 0 Å². The van der Waals surface area contributed by atoms with Gasteiger partial charge < -0.3 is 10.2 Å². The summed E-state index contributed by atoms with van der Waals surface area (Å²) in [7, 11) is 3.90. The van der Waals surface area contributed by atoms with E-state index in [2.05, 4.69) is 5.32 Å². The van der Waals surface area contributed by atoms with Crippen LogP contribution >= 0.6 is 0 Å². The van der Waals surface area contributed by atoms with Crippen LogP contribution in [0.25, 0.3) is 0 Å². The van der Waals surface area contributed by atoms with Crippen LogP contribution < -0.4 is 5.32 Å². The molecule has 84 valence electrons. The number of nitrogens with one attached hydrogen (secondary N) is 1. The number of halogens is 2. The Morgan fingerprint density at radius 2 is 1.80 bits per heavy atom. The lowest BCUT2D eigenvalue weighted by atomic mass is 10.2. The summed E-state index contributed by atoms with van der Waals surface area (Å²) in [5, 5.41) is 2.99. The predicted octanol–water partition coefficient (Wildman–Crippen LogP) is 1.62. The molecule has 1 N–H and O–H groups in total. The largest absolute Gasteiger partial charge is 0.311 e. The first-order valence-corrected chi connectivity index (χ1v) is 4.89. The average Bonchev–Trinajstić information content (AvgIpc) is 2.15. The molecule has 4 heteroatoms. The van der Waals surface area contributed by atoms with E-state index in [1.807, 2.05) is 19.0 Å². The zero-order valence-electron chi connectivity index (χ0n) is 9.06.